The lowest BCUT2D eigenvalue weighted by Gasteiger charge is -2.36. The van der Waals surface area contributed by atoms with Gasteiger partial charge in [0.1, 0.15) is 11.9 Å². The number of hydrogen-bond acceptors (Lipinski definition) is 5. The molecule has 0 spiro atoms. The Bertz CT molecular complexity index is 737. The van der Waals surface area contributed by atoms with Crippen molar-refractivity contribution in [2.45, 2.75) is 57.5 Å². The van der Waals surface area contributed by atoms with Crippen LogP contribution in [0.25, 0.3) is 0 Å². The Morgan fingerprint density at radius 3 is 2.85 bits per heavy atom. The molecule has 0 aromatic carbocycles. The summed E-state index contributed by atoms with van der Waals surface area (Å²) >= 11 is 0. The molecule has 4 heterocycles. The molecule has 0 radical (unpaired) electrons. The smallest absolute Gasteiger partial charge is 0.245 e. The van der Waals surface area contributed by atoms with Gasteiger partial charge in [0.2, 0.25) is 11.8 Å². The molecule has 2 amide bonds. The number of rotatable bonds is 3. The molecule has 0 unspecified atom stereocenters. The molecule has 2 atom stereocenters. The van der Waals surface area contributed by atoms with E-state index in [4.69, 9.17) is 4.98 Å². The summed E-state index contributed by atoms with van der Waals surface area (Å²) in [5.74, 6) is 1.23. The van der Waals surface area contributed by atoms with Crippen LogP contribution in [0.5, 0.6) is 0 Å². The molecule has 0 bridgehead atoms. The Balaban J connectivity index is 1.45. The molecule has 0 saturated carbocycles. The summed E-state index contributed by atoms with van der Waals surface area (Å²) in [4.78, 5) is 40.4. The van der Waals surface area contributed by atoms with Gasteiger partial charge in [-0.25, -0.2) is 9.97 Å². The number of fused-ring (bicyclic) bond motifs is 1. The molecule has 4 rings (SSSR count). The summed E-state index contributed by atoms with van der Waals surface area (Å²) in [6.07, 6.45) is 6.33. The minimum Gasteiger partial charge on any atom is -0.340 e. The van der Waals surface area contributed by atoms with Gasteiger partial charge in [0, 0.05) is 68.9 Å². The molecule has 2 saturated heterocycles. The Labute approximate surface area is 160 Å². The molecule has 1 aromatic rings. The summed E-state index contributed by atoms with van der Waals surface area (Å²) in [7, 11) is 2.12. The van der Waals surface area contributed by atoms with Gasteiger partial charge in [0.15, 0.2) is 0 Å². The van der Waals surface area contributed by atoms with Crippen LogP contribution in [-0.2, 0) is 22.6 Å². The zero-order chi connectivity index (χ0) is 19.0. The quantitative estimate of drug-likeness (QED) is 0.798. The number of likely N-dealkylation sites (N-methyl/N-ethyl adjacent to an activating group) is 1. The normalized spacial score (nSPS) is 24.8. The molecule has 2 fully saturated rings. The lowest BCUT2D eigenvalue weighted by atomic mass is 9.96. The highest BCUT2D eigenvalue weighted by atomic mass is 16.2. The van der Waals surface area contributed by atoms with Crippen molar-refractivity contribution in [1.82, 2.24) is 24.7 Å². The van der Waals surface area contributed by atoms with Crippen LogP contribution in [0.3, 0.4) is 0 Å². The molecule has 27 heavy (non-hydrogen) atoms. The Hall–Kier alpha value is -2.02. The average Bonchev–Trinajstić information content (AvgIpc) is 3.12. The first-order valence-electron chi connectivity index (χ1n) is 10.1. The van der Waals surface area contributed by atoms with Gasteiger partial charge in [-0.2, -0.15) is 0 Å². The first-order valence-corrected chi connectivity index (χ1v) is 10.1. The molecule has 3 aliphatic rings. The van der Waals surface area contributed by atoms with Crippen LogP contribution in [0.15, 0.2) is 6.20 Å². The molecule has 3 aliphatic heterocycles. The van der Waals surface area contributed by atoms with Crippen LogP contribution >= 0.6 is 0 Å². The van der Waals surface area contributed by atoms with Crippen LogP contribution in [0.2, 0.25) is 0 Å². The summed E-state index contributed by atoms with van der Waals surface area (Å²) in [6.45, 7) is 5.92. The highest BCUT2D eigenvalue weighted by Crippen LogP contribution is 2.27. The second-order valence-electron chi connectivity index (χ2n) is 8.18. The fraction of sp³-hybridized carbons (Fsp3) is 0.700. The minimum atomic E-state index is -0.362. The van der Waals surface area contributed by atoms with E-state index in [0.717, 1.165) is 56.8 Å². The SMILES string of the molecule is C[C@@H](C(=O)N1CCC[C@H](c2ncc3c(n2)CCN(C)C3)C1)N1CCCC1=O. The zero-order valence-electron chi connectivity index (χ0n) is 16.4. The van der Waals surface area contributed by atoms with Gasteiger partial charge in [-0.3, -0.25) is 9.59 Å². The molecule has 7 nitrogen and oxygen atoms in total. The Morgan fingerprint density at radius 2 is 2.07 bits per heavy atom. The second-order valence-corrected chi connectivity index (χ2v) is 8.18. The van der Waals surface area contributed by atoms with Crippen molar-refractivity contribution in [2.24, 2.45) is 0 Å². The monoisotopic (exact) mass is 371 g/mol. The Morgan fingerprint density at radius 1 is 1.22 bits per heavy atom. The molecule has 146 valence electrons. The van der Waals surface area contributed by atoms with Crippen molar-refractivity contribution in [1.29, 1.82) is 0 Å². The van der Waals surface area contributed by atoms with Crippen LogP contribution in [-0.4, -0.2) is 75.8 Å². The van der Waals surface area contributed by atoms with Gasteiger partial charge in [0.25, 0.3) is 0 Å². The van der Waals surface area contributed by atoms with Crippen molar-refractivity contribution < 1.29 is 9.59 Å². The van der Waals surface area contributed by atoms with E-state index in [-0.39, 0.29) is 23.8 Å². The van der Waals surface area contributed by atoms with Gasteiger partial charge < -0.3 is 14.7 Å². The lowest BCUT2D eigenvalue weighted by molar-refractivity contribution is -0.143. The summed E-state index contributed by atoms with van der Waals surface area (Å²) in [6, 6.07) is -0.362. The van der Waals surface area contributed by atoms with E-state index in [1.54, 1.807) is 4.90 Å². The molecule has 0 N–H and O–H groups in total. The van der Waals surface area contributed by atoms with Gasteiger partial charge >= 0.3 is 0 Å². The fourth-order valence-corrected chi connectivity index (χ4v) is 4.53. The summed E-state index contributed by atoms with van der Waals surface area (Å²) < 4.78 is 0. The maximum Gasteiger partial charge on any atom is 0.245 e. The van der Waals surface area contributed by atoms with Crippen molar-refractivity contribution in [3.63, 3.8) is 0 Å². The lowest BCUT2D eigenvalue weighted by Crippen LogP contribution is -2.50. The largest absolute Gasteiger partial charge is 0.340 e. The van der Waals surface area contributed by atoms with Gasteiger partial charge in [-0.1, -0.05) is 0 Å². The molecular formula is C20H29N5O2. The minimum absolute atomic E-state index is 0.0644. The fourth-order valence-electron chi connectivity index (χ4n) is 4.53. The highest BCUT2D eigenvalue weighted by molar-refractivity contribution is 5.88. The predicted molar refractivity (Wildman–Crippen MR) is 101 cm³/mol. The molecule has 1 aromatic heterocycles. The number of nitrogens with zero attached hydrogens (tertiary/aromatic N) is 5. The number of hydrogen-bond donors (Lipinski definition) is 0. The van der Waals surface area contributed by atoms with E-state index in [2.05, 4.69) is 16.9 Å². The number of piperidine rings is 1. The van der Waals surface area contributed by atoms with Crippen molar-refractivity contribution in [2.75, 3.05) is 33.2 Å². The number of amides is 2. The third-order valence-electron chi connectivity index (χ3n) is 6.18. The molecule has 7 heteroatoms. The topological polar surface area (TPSA) is 69.6 Å². The average molecular weight is 371 g/mol. The van der Waals surface area contributed by atoms with E-state index in [1.165, 1.54) is 5.56 Å². The van der Waals surface area contributed by atoms with Crippen molar-refractivity contribution >= 4 is 11.8 Å². The number of likely N-dealkylation sites (tertiary alicyclic amines) is 2. The van der Waals surface area contributed by atoms with Crippen molar-refractivity contribution in [3.05, 3.63) is 23.3 Å². The van der Waals surface area contributed by atoms with E-state index in [0.29, 0.717) is 19.5 Å². The van der Waals surface area contributed by atoms with E-state index >= 15 is 0 Å². The third kappa shape index (κ3) is 3.70. The predicted octanol–water partition coefficient (Wildman–Crippen LogP) is 1.18. The van der Waals surface area contributed by atoms with Gasteiger partial charge in [-0.15, -0.1) is 0 Å². The Kier molecular flexibility index (Phi) is 5.12. The van der Waals surface area contributed by atoms with Crippen LogP contribution < -0.4 is 0 Å². The third-order valence-corrected chi connectivity index (χ3v) is 6.18. The molecular weight excluding hydrogens is 342 g/mol. The number of aromatic nitrogens is 2. The van der Waals surface area contributed by atoms with Crippen LogP contribution in [0.1, 0.15) is 55.6 Å². The van der Waals surface area contributed by atoms with E-state index in [9.17, 15) is 9.59 Å². The maximum absolute atomic E-state index is 13.0. The summed E-state index contributed by atoms with van der Waals surface area (Å²) in [5, 5.41) is 0. The van der Waals surface area contributed by atoms with Crippen LogP contribution in [0.4, 0.5) is 0 Å². The number of carbonyl (C=O) groups excluding carboxylic acids is 2. The second kappa shape index (κ2) is 7.54. The number of carbonyl (C=O) groups is 2. The zero-order valence-corrected chi connectivity index (χ0v) is 16.4. The molecule has 0 aliphatic carbocycles. The van der Waals surface area contributed by atoms with Gasteiger partial charge in [0.05, 0.1) is 0 Å². The first-order chi connectivity index (χ1) is 13.0. The highest BCUT2D eigenvalue weighted by Gasteiger charge is 2.34. The maximum atomic E-state index is 13.0. The standard InChI is InChI=1S/C20H29N5O2/c1-14(25-9-4-6-18(25)26)20(27)24-8-3-5-15(13-24)19-21-11-16-12-23(2)10-7-17(16)22-19/h11,14-15H,3-10,12-13H2,1-2H3/t14-,15-/m0/s1. The van der Waals surface area contributed by atoms with E-state index in [1.807, 2.05) is 18.0 Å². The van der Waals surface area contributed by atoms with Crippen LogP contribution in [0, 0.1) is 0 Å². The van der Waals surface area contributed by atoms with Gasteiger partial charge in [-0.05, 0) is 33.2 Å². The van der Waals surface area contributed by atoms with Crippen molar-refractivity contribution in [3.8, 4) is 0 Å². The van der Waals surface area contributed by atoms with E-state index < -0.39 is 0 Å². The first kappa shape index (κ1) is 18.3. The summed E-state index contributed by atoms with van der Waals surface area (Å²) in [5.41, 5.74) is 2.38.